The van der Waals surface area contributed by atoms with Gasteiger partial charge < -0.3 is 14.1 Å². The zero-order valence-electron chi connectivity index (χ0n) is 14.9. The Balaban J connectivity index is 1.64. The number of hydrogen-bond donors (Lipinski definition) is 0. The summed E-state index contributed by atoms with van der Waals surface area (Å²) in [6.45, 7) is 2.33. The lowest BCUT2D eigenvalue weighted by Crippen LogP contribution is -2.26. The molecule has 6 nitrogen and oxygen atoms in total. The molecule has 2 aromatic carbocycles. The number of aromatic nitrogens is 1. The number of hydrogen-bond acceptors (Lipinski definition) is 5. The lowest BCUT2D eigenvalue weighted by atomic mass is 10.1. The molecule has 0 aliphatic carbocycles. The number of nitrogens with zero attached hydrogens (tertiary/aromatic N) is 2. The van der Waals surface area contributed by atoms with Gasteiger partial charge >= 0.3 is 5.97 Å². The van der Waals surface area contributed by atoms with Crippen LogP contribution in [0.4, 0.5) is 5.69 Å². The number of esters is 1. The number of benzene rings is 2. The van der Waals surface area contributed by atoms with Crippen LogP contribution in [0.3, 0.4) is 0 Å². The lowest BCUT2D eigenvalue weighted by Gasteiger charge is -2.17. The maximum absolute atomic E-state index is 12.4. The predicted molar refractivity (Wildman–Crippen MR) is 107 cm³/mol. The van der Waals surface area contributed by atoms with Crippen LogP contribution < -0.4 is 4.90 Å². The SMILES string of the molecule is CCOC(=O)C1CC(=O)N(c2cccc(-c3nc4cc(Cl)cc(Cl)c4o3)c2)C1. The standard InChI is InChI=1S/C20H16Cl2N2O4/c1-2-27-20(26)12-7-17(25)24(10-12)14-5-3-4-11(6-14)19-23-16-9-13(21)8-15(22)18(16)28-19/h3-6,8-9,12H,2,7,10H2,1H3. The molecule has 1 saturated heterocycles. The van der Waals surface area contributed by atoms with E-state index in [4.69, 9.17) is 32.4 Å². The van der Waals surface area contributed by atoms with Crippen molar-refractivity contribution in [3.63, 3.8) is 0 Å². The normalized spacial score (nSPS) is 16.8. The molecule has 1 aliphatic rings. The van der Waals surface area contributed by atoms with Gasteiger partial charge in [0.25, 0.3) is 0 Å². The van der Waals surface area contributed by atoms with Crippen LogP contribution in [0, 0.1) is 5.92 Å². The fraction of sp³-hybridized carbons (Fsp3) is 0.250. The highest BCUT2D eigenvalue weighted by atomic mass is 35.5. The molecule has 1 fully saturated rings. The molecule has 0 saturated carbocycles. The monoisotopic (exact) mass is 418 g/mol. The first kappa shape index (κ1) is 18.8. The molecule has 1 atom stereocenters. The highest BCUT2D eigenvalue weighted by molar-refractivity contribution is 6.38. The Morgan fingerprint density at radius 1 is 1.32 bits per heavy atom. The van der Waals surface area contributed by atoms with Crippen molar-refractivity contribution >= 4 is 51.9 Å². The van der Waals surface area contributed by atoms with E-state index in [9.17, 15) is 9.59 Å². The first-order valence-corrected chi connectivity index (χ1v) is 9.55. The molecule has 1 unspecified atom stereocenters. The average molecular weight is 419 g/mol. The van der Waals surface area contributed by atoms with Gasteiger partial charge in [0.15, 0.2) is 5.58 Å². The number of ether oxygens (including phenoxy) is 1. The van der Waals surface area contributed by atoms with Crippen LogP contribution in [0.15, 0.2) is 40.8 Å². The van der Waals surface area contributed by atoms with Crippen LogP contribution in [0.25, 0.3) is 22.6 Å². The van der Waals surface area contributed by atoms with Gasteiger partial charge in [0, 0.05) is 29.2 Å². The second-order valence-electron chi connectivity index (χ2n) is 6.46. The molecule has 2 heterocycles. The molecule has 0 radical (unpaired) electrons. The van der Waals surface area contributed by atoms with E-state index in [1.54, 1.807) is 42.2 Å². The number of amides is 1. The van der Waals surface area contributed by atoms with Crippen LogP contribution in [0.2, 0.25) is 10.0 Å². The summed E-state index contributed by atoms with van der Waals surface area (Å²) < 4.78 is 10.8. The number of rotatable bonds is 4. The smallest absolute Gasteiger partial charge is 0.311 e. The van der Waals surface area contributed by atoms with Crippen LogP contribution >= 0.6 is 23.2 Å². The van der Waals surface area contributed by atoms with Crippen LogP contribution in [-0.4, -0.2) is 30.0 Å². The maximum Gasteiger partial charge on any atom is 0.311 e. The number of fused-ring (bicyclic) bond motifs is 1. The molecule has 0 N–H and O–H groups in total. The van der Waals surface area contributed by atoms with E-state index >= 15 is 0 Å². The molecular formula is C20H16Cl2N2O4. The van der Waals surface area contributed by atoms with Crippen molar-refractivity contribution in [2.45, 2.75) is 13.3 Å². The first-order valence-electron chi connectivity index (χ1n) is 8.79. The van der Waals surface area contributed by atoms with Gasteiger partial charge in [0.2, 0.25) is 11.8 Å². The molecule has 1 amide bonds. The minimum absolute atomic E-state index is 0.123. The van der Waals surface area contributed by atoms with Crippen molar-refractivity contribution in [1.82, 2.24) is 4.98 Å². The number of carbonyl (C=O) groups is 2. The molecule has 28 heavy (non-hydrogen) atoms. The van der Waals surface area contributed by atoms with Gasteiger partial charge in [0.1, 0.15) is 5.52 Å². The minimum Gasteiger partial charge on any atom is -0.466 e. The molecular weight excluding hydrogens is 403 g/mol. The summed E-state index contributed by atoms with van der Waals surface area (Å²) in [5.41, 5.74) is 2.36. The number of oxazole rings is 1. The molecule has 1 aromatic heterocycles. The van der Waals surface area contributed by atoms with Gasteiger partial charge in [-0.1, -0.05) is 29.3 Å². The number of anilines is 1. The third kappa shape index (κ3) is 3.45. The molecule has 0 bridgehead atoms. The Morgan fingerprint density at radius 3 is 2.93 bits per heavy atom. The second-order valence-corrected chi connectivity index (χ2v) is 7.31. The number of halogens is 2. The van der Waals surface area contributed by atoms with Crippen molar-refractivity contribution in [1.29, 1.82) is 0 Å². The van der Waals surface area contributed by atoms with Gasteiger partial charge in [0.05, 0.1) is 17.5 Å². The maximum atomic E-state index is 12.4. The van der Waals surface area contributed by atoms with E-state index in [1.165, 1.54) is 0 Å². The van der Waals surface area contributed by atoms with E-state index in [-0.39, 0.29) is 24.8 Å². The zero-order valence-corrected chi connectivity index (χ0v) is 16.5. The predicted octanol–water partition coefficient (Wildman–Crippen LogP) is 4.72. The molecule has 1 aliphatic heterocycles. The second kappa shape index (κ2) is 7.45. The summed E-state index contributed by atoms with van der Waals surface area (Å²) >= 11 is 12.2. The Kier molecular flexibility index (Phi) is 5.00. The Labute approximate surface area is 171 Å². The van der Waals surface area contributed by atoms with Gasteiger partial charge in [-0.2, -0.15) is 0 Å². The highest BCUT2D eigenvalue weighted by Crippen LogP contribution is 2.34. The molecule has 144 valence electrons. The summed E-state index contributed by atoms with van der Waals surface area (Å²) in [7, 11) is 0. The van der Waals surface area contributed by atoms with Gasteiger partial charge in [-0.25, -0.2) is 4.98 Å². The summed E-state index contributed by atoms with van der Waals surface area (Å²) in [6, 6.07) is 10.5. The molecule has 8 heteroatoms. The van der Waals surface area contributed by atoms with E-state index in [1.807, 2.05) is 6.07 Å². The van der Waals surface area contributed by atoms with E-state index in [0.717, 1.165) is 0 Å². The third-order valence-electron chi connectivity index (χ3n) is 4.56. The summed E-state index contributed by atoms with van der Waals surface area (Å²) in [5.74, 6) is -0.557. The van der Waals surface area contributed by atoms with Crippen molar-refractivity contribution in [2.24, 2.45) is 5.92 Å². The van der Waals surface area contributed by atoms with Crippen LogP contribution in [-0.2, 0) is 14.3 Å². The Hall–Kier alpha value is -2.57. The molecule has 3 aromatic rings. The van der Waals surface area contributed by atoms with E-state index in [0.29, 0.717) is 44.9 Å². The van der Waals surface area contributed by atoms with Crippen molar-refractivity contribution in [2.75, 3.05) is 18.1 Å². The third-order valence-corrected chi connectivity index (χ3v) is 5.06. The van der Waals surface area contributed by atoms with Crippen molar-refractivity contribution in [3.05, 3.63) is 46.4 Å². The van der Waals surface area contributed by atoms with Gasteiger partial charge in [-0.15, -0.1) is 0 Å². The van der Waals surface area contributed by atoms with Gasteiger partial charge in [-0.3, -0.25) is 9.59 Å². The van der Waals surface area contributed by atoms with E-state index < -0.39 is 5.92 Å². The largest absolute Gasteiger partial charge is 0.466 e. The first-order chi connectivity index (χ1) is 13.5. The molecule has 0 spiro atoms. The fourth-order valence-corrected chi connectivity index (χ4v) is 3.79. The van der Waals surface area contributed by atoms with Crippen molar-refractivity contribution < 1.29 is 18.7 Å². The molecule has 4 rings (SSSR count). The average Bonchev–Trinajstić information content (AvgIpc) is 3.26. The lowest BCUT2D eigenvalue weighted by molar-refractivity contribution is -0.147. The highest BCUT2D eigenvalue weighted by Gasteiger charge is 2.36. The summed E-state index contributed by atoms with van der Waals surface area (Å²) in [4.78, 5) is 30.4. The Bertz CT molecular complexity index is 1080. The quantitative estimate of drug-likeness (QED) is 0.573. The van der Waals surface area contributed by atoms with Gasteiger partial charge in [-0.05, 0) is 37.3 Å². The van der Waals surface area contributed by atoms with E-state index in [2.05, 4.69) is 4.98 Å². The van der Waals surface area contributed by atoms with Crippen LogP contribution in [0.5, 0.6) is 0 Å². The zero-order chi connectivity index (χ0) is 19.8. The topological polar surface area (TPSA) is 72.6 Å². The minimum atomic E-state index is -0.457. The fourth-order valence-electron chi connectivity index (χ4n) is 3.27. The van der Waals surface area contributed by atoms with Crippen molar-refractivity contribution in [3.8, 4) is 11.5 Å². The van der Waals surface area contributed by atoms with Crippen LogP contribution in [0.1, 0.15) is 13.3 Å². The Morgan fingerprint density at radius 2 is 2.14 bits per heavy atom. The summed E-state index contributed by atoms with van der Waals surface area (Å²) in [6.07, 6.45) is 0.139. The number of carbonyl (C=O) groups excluding carboxylic acids is 2. The summed E-state index contributed by atoms with van der Waals surface area (Å²) in [5, 5.41) is 0.850.